The van der Waals surface area contributed by atoms with Gasteiger partial charge in [0.15, 0.2) is 0 Å². The van der Waals surface area contributed by atoms with Crippen LogP contribution in [0.2, 0.25) is 0 Å². The summed E-state index contributed by atoms with van der Waals surface area (Å²) in [5, 5.41) is 1.14. The third kappa shape index (κ3) is 1.74. The Balaban J connectivity index is 2.69. The van der Waals surface area contributed by atoms with Crippen molar-refractivity contribution >= 4 is 11.0 Å². The highest BCUT2D eigenvalue weighted by molar-refractivity contribution is 5.78. The summed E-state index contributed by atoms with van der Waals surface area (Å²) in [4.78, 5) is 12.3. The average molecular weight is 203 g/mol. The van der Waals surface area contributed by atoms with E-state index in [0.717, 1.165) is 29.0 Å². The molecular weight excluding hydrogens is 186 g/mol. The van der Waals surface area contributed by atoms with Crippen LogP contribution in [0.1, 0.15) is 39.2 Å². The second kappa shape index (κ2) is 3.33. The Morgan fingerprint density at radius 3 is 2.60 bits per heavy atom. The third-order valence-corrected chi connectivity index (χ3v) is 2.50. The number of rotatable bonds is 1. The van der Waals surface area contributed by atoms with Crippen LogP contribution in [-0.4, -0.2) is 15.0 Å². The van der Waals surface area contributed by atoms with Crippen LogP contribution in [0, 0.1) is 0 Å². The first-order chi connectivity index (χ1) is 7.02. The number of hydrogen-bond acceptors (Lipinski definition) is 2. The van der Waals surface area contributed by atoms with E-state index < -0.39 is 0 Å². The van der Waals surface area contributed by atoms with Gasteiger partial charge in [-0.15, -0.1) is 0 Å². The van der Waals surface area contributed by atoms with Gasteiger partial charge < -0.3 is 4.98 Å². The van der Waals surface area contributed by atoms with Crippen molar-refractivity contribution in [2.45, 2.75) is 39.5 Å². The van der Waals surface area contributed by atoms with Gasteiger partial charge in [0.25, 0.3) is 0 Å². The number of nitrogens with zero attached hydrogens (tertiary/aromatic N) is 2. The number of aromatic amines is 1. The van der Waals surface area contributed by atoms with E-state index in [-0.39, 0.29) is 5.41 Å². The maximum atomic E-state index is 4.63. The lowest BCUT2D eigenvalue weighted by Gasteiger charge is -2.17. The highest BCUT2D eigenvalue weighted by Crippen LogP contribution is 2.22. The van der Waals surface area contributed by atoms with Crippen LogP contribution < -0.4 is 0 Å². The van der Waals surface area contributed by atoms with E-state index in [1.165, 1.54) is 0 Å². The van der Waals surface area contributed by atoms with Gasteiger partial charge in [0.2, 0.25) is 0 Å². The Labute approximate surface area is 90.0 Å². The predicted octanol–water partition coefficient (Wildman–Crippen LogP) is 2.82. The molecular formula is C12H17N3. The van der Waals surface area contributed by atoms with E-state index in [1.54, 1.807) is 0 Å². The highest BCUT2D eigenvalue weighted by Gasteiger charge is 2.19. The summed E-state index contributed by atoms with van der Waals surface area (Å²) in [5.74, 6) is 0.911. The van der Waals surface area contributed by atoms with Crippen molar-refractivity contribution in [1.82, 2.24) is 15.0 Å². The molecule has 2 aromatic heterocycles. The fourth-order valence-corrected chi connectivity index (χ4v) is 1.61. The van der Waals surface area contributed by atoms with Gasteiger partial charge in [-0.25, -0.2) is 9.97 Å². The minimum atomic E-state index is 0.00319. The molecule has 0 aromatic carbocycles. The minimum Gasteiger partial charge on any atom is -0.346 e. The molecule has 15 heavy (non-hydrogen) atoms. The van der Waals surface area contributed by atoms with E-state index in [0.29, 0.717) is 0 Å². The van der Waals surface area contributed by atoms with Crippen LogP contribution in [0.5, 0.6) is 0 Å². The summed E-state index contributed by atoms with van der Waals surface area (Å²) in [5.41, 5.74) is 2.08. The van der Waals surface area contributed by atoms with Gasteiger partial charge in [-0.3, -0.25) is 0 Å². The molecule has 0 saturated carbocycles. The van der Waals surface area contributed by atoms with E-state index in [9.17, 15) is 0 Å². The minimum absolute atomic E-state index is 0.00319. The van der Waals surface area contributed by atoms with Crippen molar-refractivity contribution in [2.24, 2.45) is 0 Å². The van der Waals surface area contributed by atoms with Crippen LogP contribution in [-0.2, 0) is 11.8 Å². The predicted molar refractivity (Wildman–Crippen MR) is 62.0 cm³/mol. The number of aromatic nitrogens is 3. The molecule has 0 atom stereocenters. The summed E-state index contributed by atoms with van der Waals surface area (Å²) in [6, 6.07) is 2.04. The second-order valence-corrected chi connectivity index (χ2v) is 4.84. The number of aryl methyl sites for hydroxylation is 1. The smallest absolute Gasteiger partial charge is 0.141 e. The summed E-state index contributed by atoms with van der Waals surface area (Å²) < 4.78 is 0. The summed E-state index contributed by atoms with van der Waals surface area (Å²) in [6.45, 7) is 8.53. The normalized spacial score (nSPS) is 12.3. The number of nitrogens with one attached hydrogen (secondary N) is 1. The maximum absolute atomic E-state index is 4.63. The fourth-order valence-electron chi connectivity index (χ4n) is 1.61. The Bertz CT molecular complexity index is 477. The maximum Gasteiger partial charge on any atom is 0.141 e. The zero-order valence-electron chi connectivity index (χ0n) is 9.76. The molecule has 80 valence electrons. The molecule has 0 aliphatic rings. The summed E-state index contributed by atoms with van der Waals surface area (Å²) in [6.07, 6.45) is 2.87. The highest BCUT2D eigenvalue weighted by atomic mass is 15.0. The Hall–Kier alpha value is -1.38. The third-order valence-electron chi connectivity index (χ3n) is 2.50. The molecule has 2 heterocycles. The second-order valence-electron chi connectivity index (χ2n) is 4.84. The molecule has 0 spiro atoms. The van der Waals surface area contributed by atoms with Gasteiger partial charge in [0.05, 0.1) is 5.69 Å². The van der Waals surface area contributed by atoms with Crippen molar-refractivity contribution in [2.75, 3.05) is 0 Å². The quantitative estimate of drug-likeness (QED) is 0.774. The molecule has 3 heteroatoms. The van der Waals surface area contributed by atoms with Gasteiger partial charge in [-0.2, -0.15) is 0 Å². The first-order valence-electron chi connectivity index (χ1n) is 5.37. The van der Waals surface area contributed by atoms with E-state index in [4.69, 9.17) is 0 Å². The number of fused-ring (bicyclic) bond motifs is 1. The molecule has 0 amide bonds. The molecule has 0 aliphatic heterocycles. The van der Waals surface area contributed by atoms with Crippen LogP contribution in [0.25, 0.3) is 11.0 Å². The molecule has 0 radical (unpaired) electrons. The molecule has 0 unspecified atom stereocenters. The molecule has 0 saturated heterocycles. The van der Waals surface area contributed by atoms with Crippen molar-refractivity contribution in [1.29, 1.82) is 0 Å². The van der Waals surface area contributed by atoms with Gasteiger partial charge in [-0.05, 0) is 12.5 Å². The van der Waals surface area contributed by atoms with Crippen molar-refractivity contribution < 1.29 is 0 Å². The lowest BCUT2D eigenvalue weighted by molar-refractivity contribution is 0.545. The standard InChI is InChI=1S/C12H17N3/c1-5-9-8-6-7-13-10(8)15-11(14-9)12(2,3)4/h6-7H,5H2,1-4H3,(H,13,14,15). The average Bonchev–Trinajstić information content (AvgIpc) is 2.62. The van der Waals surface area contributed by atoms with Crippen LogP contribution in [0.15, 0.2) is 12.3 Å². The Kier molecular flexibility index (Phi) is 2.25. The molecule has 2 rings (SSSR count). The zero-order chi connectivity index (χ0) is 11.1. The Morgan fingerprint density at radius 2 is 2.00 bits per heavy atom. The van der Waals surface area contributed by atoms with Gasteiger partial charge >= 0.3 is 0 Å². The zero-order valence-corrected chi connectivity index (χ0v) is 9.76. The number of H-pyrrole nitrogens is 1. The van der Waals surface area contributed by atoms with E-state index >= 15 is 0 Å². The SMILES string of the molecule is CCc1nc(C(C)(C)C)nc2[nH]ccc12. The molecule has 1 N–H and O–H groups in total. The molecule has 0 bridgehead atoms. The van der Waals surface area contributed by atoms with Crippen LogP contribution >= 0.6 is 0 Å². The fraction of sp³-hybridized carbons (Fsp3) is 0.500. The monoisotopic (exact) mass is 203 g/mol. The van der Waals surface area contributed by atoms with Crippen molar-refractivity contribution in [3.8, 4) is 0 Å². The van der Waals surface area contributed by atoms with E-state index in [2.05, 4.69) is 42.6 Å². The lowest BCUT2D eigenvalue weighted by Crippen LogP contribution is -2.17. The lowest BCUT2D eigenvalue weighted by atomic mass is 9.95. The molecule has 3 nitrogen and oxygen atoms in total. The van der Waals surface area contributed by atoms with Crippen LogP contribution in [0.3, 0.4) is 0 Å². The molecule has 0 aliphatic carbocycles. The van der Waals surface area contributed by atoms with E-state index in [1.807, 2.05) is 12.3 Å². The van der Waals surface area contributed by atoms with Crippen molar-refractivity contribution in [3.05, 3.63) is 23.8 Å². The van der Waals surface area contributed by atoms with Gasteiger partial charge in [0, 0.05) is 17.0 Å². The largest absolute Gasteiger partial charge is 0.346 e. The molecule has 0 fully saturated rings. The summed E-state index contributed by atoms with van der Waals surface area (Å²) in [7, 11) is 0. The van der Waals surface area contributed by atoms with Gasteiger partial charge in [-0.1, -0.05) is 27.7 Å². The Morgan fingerprint density at radius 1 is 1.27 bits per heavy atom. The van der Waals surface area contributed by atoms with Crippen molar-refractivity contribution in [3.63, 3.8) is 0 Å². The van der Waals surface area contributed by atoms with Gasteiger partial charge in [0.1, 0.15) is 11.5 Å². The number of hydrogen-bond donors (Lipinski definition) is 1. The first-order valence-corrected chi connectivity index (χ1v) is 5.37. The summed E-state index contributed by atoms with van der Waals surface area (Å²) >= 11 is 0. The van der Waals surface area contributed by atoms with Crippen LogP contribution in [0.4, 0.5) is 0 Å². The molecule has 2 aromatic rings. The topological polar surface area (TPSA) is 41.6 Å². The first kappa shape index (κ1) is 10.1.